The average molecular weight is 198 g/mol. The molecule has 0 spiro atoms. The molecule has 15 heavy (non-hydrogen) atoms. The Morgan fingerprint density at radius 1 is 0.867 bits per heavy atom. The van der Waals surface area contributed by atoms with Gasteiger partial charge in [0.1, 0.15) is 0 Å². The molecule has 0 aromatic rings. The van der Waals surface area contributed by atoms with Crippen molar-refractivity contribution in [3.8, 4) is 0 Å². The first-order chi connectivity index (χ1) is 7.29. The molecule has 1 fully saturated rings. The predicted molar refractivity (Wildman–Crippen MR) is 64.3 cm³/mol. The predicted octanol–water partition coefficient (Wildman–Crippen LogP) is 3.74. The minimum Gasteiger partial charge on any atom is -0.0805 e. The van der Waals surface area contributed by atoms with Crippen LogP contribution in [0.2, 0.25) is 0 Å². The van der Waals surface area contributed by atoms with Gasteiger partial charge in [-0.2, -0.15) is 0 Å². The van der Waals surface area contributed by atoms with Crippen LogP contribution in [-0.2, 0) is 0 Å². The lowest BCUT2D eigenvalue weighted by Crippen LogP contribution is -2.17. The molecule has 5 atom stereocenters. The Kier molecular flexibility index (Phi) is 1.98. The smallest absolute Gasteiger partial charge is 0.00931 e. The van der Waals surface area contributed by atoms with E-state index in [1.165, 1.54) is 0 Å². The minimum absolute atomic E-state index is 0.745. The summed E-state index contributed by atoms with van der Waals surface area (Å²) in [6, 6.07) is 0. The van der Waals surface area contributed by atoms with Crippen molar-refractivity contribution < 1.29 is 0 Å². The molecule has 78 valence electrons. The molecule has 0 heterocycles. The molecule has 0 aromatic heterocycles. The lowest BCUT2D eigenvalue weighted by Gasteiger charge is -2.25. The zero-order chi connectivity index (χ0) is 10.4. The van der Waals surface area contributed by atoms with Gasteiger partial charge in [0.15, 0.2) is 0 Å². The van der Waals surface area contributed by atoms with Crippen LogP contribution in [-0.4, -0.2) is 0 Å². The number of rotatable bonds is 0. The van der Waals surface area contributed by atoms with Crippen molar-refractivity contribution in [3.05, 3.63) is 48.1 Å². The fourth-order valence-electron chi connectivity index (χ4n) is 3.79. The van der Waals surface area contributed by atoms with E-state index in [1.54, 1.807) is 5.57 Å². The molecule has 0 aliphatic heterocycles. The molecule has 0 radical (unpaired) electrons. The fourth-order valence-corrected chi connectivity index (χ4v) is 3.79. The van der Waals surface area contributed by atoms with Crippen LogP contribution in [0.4, 0.5) is 0 Å². The quantitative estimate of drug-likeness (QED) is 0.556. The van der Waals surface area contributed by atoms with Gasteiger partial charge in [0.25, 0.3) is 0 Å². The molecular formula is C15H18. The van der Waals surface area contributed by atoms with E-state index in [0.717, 1.165) is 29.6 Å². The fraction of sp³-hybridized carbons (Fsp3) is 0.467. The van der Waals surface area contributed by atoms with Crippen LogP contribution in [0.5, 0.6) is 0 Å². The topological polar surface area (TPSA) is 0 Å². The Bertz CT molecular complexity index is 381. The summed E-state index contributed by atoms with van der Waals surface area (Å²) in [5, 5.41) is 0. The van der Waals surface area contributed by atoms with Crippen molar-refractivity contribution in [2.45, 2.75) is 13.8 Å². The summed E-state index contributed by atoms with van der Waals surface area (Å²) in [5.74, 6) is 3.82. The Hall–Kier alpha value is -1.04. The van der Waals surface area contributed by atoms with Crippen molar-refractivity contribution >= 4 is 0 Å². The minimum atomic E-state index is 0.745. The zero-order valence-corrected chi connectivity index (χ0v) is 9.43. The van der Waals surface area contributed by atoms with Crippen LogP contribution in [0.3, 0.4) is 0 Å². The normalized spacial score (nSPS) is 46.3. The standard InChI is InChI=1S/C15H18/c1-10-6-5-9-14-13-8-4-3-7-12(13)11(2)15(10)14/h3-9,11-15H,1-2H3. The number of fused-ring (bicyclic) bond motifs is 3. The highest BCUT2D eigenvalue weighted by atomic mass is 14.5. The van der Waals surface area contributed by atoms with Crippen molar-refractivity contribution in [1.82, 2.24) is 0 Å². The second-order valence-electron chi connectivity index (χ2n) is 5.18. The molecule has 0 saturated heterocycles. The summed E-state index contributed by atoms with van der Waals surface area (Å²) in [7, 11) is 0. The van der Waals surface area contributed by atoms with Gasteiger partial charge in [-0.1, -0.05) is 55.0 Å². The Labute approximate surface area is 92.1 Å². The molecule has 5 unspecified atom stereocenters. The SMILES string of the molecule is CC1=CC=CC2C3C=CC=CC3C(C)C12. The summed E-state index contributed by atoms with van der Waals surface area (Å²) in [6.45, 7) is 4.71. The number of hydrogen-bond donors (Lipinski definition) is 0. The van der Waals surface area contributed by atoms with Gasteiger partial charge < -0.3 is 0 Å². The highest BCUT2D eigenvalue weighted by Gasteiger charge is 2.46. The van der Waals surface area contributed by atoms with Crippen LogP contribution in [0.25, 0.3) is 0 Å². The van der Waals surface area contributed by atoms with E-state index in [0.29, 0.717) is 0 Å². The van der Waals surface area contributed by atoms with Crippen molar-refractivity contribution in [2.75, 3.05) is 0 Å². The van der Waals surface area contributed by atoms with Gasteiger partial charge in [-0.15, -0.1) is 0 Å². The van der Waals surface area contributed by atoms with Gasteiger partial charge in [-0.05, 0) is 36.5 Å². The molecule has 0 nitrogen and oxygen atoms in total. The highest BCUT2D eigenvalue weighted by Crippen LogP contribution is 2.52. The van der Waals surface area contributed by atoms with Crippen LogP contribution in [0.15, 0.2) is 48.1 Å². The average Bonchev–Trinajstić information content (AvgIpc) is 2.55. The number of allylic oxidation sites excluding steroid dienone is 8. The Morgan fingerprint density at radius 3 is 2.33 bits per heavy atom. The summed E-state index contributed by atoms with van der Waals surface area (Å²) in [5.41, 5.74) is 1.58. The third kappa shape index (κ3) is 1.20. The molecule has 1 saturated carbocycles. The van der Waals surface area contributed by atoms with Crippen LogP contribution in [0, 0.1) is 29.6 Å². The zero-order valence-electron chi connectivity index (χ0n) is 9.43. The molecular weight excluding hydrogens is 180 g/mol. The van der Waals surface area contributed by atoms with E-state index in [9.17, 15) is 0 Å². The van der Waals surface area contributed by atoms with Gasteiger partial charge in [0.2, 0.25) is 0 Å². The van der Waals surface area contributed by atoms with Crippen LogP contribution < -0.4 is 0 Å². The first-order valence-corrected chi connectivity index (χ1v) is 5.99. The molecule has 3 rings (SSSR count). The molecule has 0 bridgehead atoms. The van der Waals surface area contributed by atoms with E-state index in [4.69, 9.17) is 0 Å². The molecule has 3 aliphatic carbocycles. The van der Waals surface area contributed by atoms with E-state index < -0.39 is 0 Å². The maximum absolute atomic E-state index is 2.42. The lowest BCUT2D eigenvalue weighted by molar-refractivity contribution is 0.398. The Morgan fingerprint density at radius 2 is 1.53 bits per heavy atom. The third-order valence-corrected chi connectivity index (χ3v) is 4.47. The van der Waals surface area contributed by atoms with Crippen molar-refractivity contribution in [2.24, 2.45) is 29.6 Å². The van der Waals surface area contributed by atoms with E-state index in [-0.39, 0.29) is 0 Å². The third-order valence-electron chi connectivity index (χ3n) is 4.47. The van der Waals surface area contributed by atoms with Gasteiger partial charge in [0.05, 0.1) is 0 Å². The second kappa shape index (κ2) is 3.23. The van der Waals surface area contributed by atoms with E-state index in [1.807, 2.05) is 0 Å². The van der Waals surface area contributed by atoms with Crippen molar-refractivity contribution in [3.63, 3.8) is 0 Å². The maximum Gasteiger partial charge on any atom is -0.00931 e. The summed E-state index contributed by atoms with van der Waals surface area (Å²) in [4.78, 5) is 0. The Balaban J connectivity index is 2.02. The van der Waals surface area contributed by atoms with Gasteiger partial charge >= 0.3 is 0 Å². The largest absolute Gasteiger partial charge is 0.0805 e. The van der Waals surface area contributed by atoms with Gasteiger partial charge in [-0.3, -0.25) is 0 Å². The van der Waals surface area contributed by atoms with Crippen molar-refractivity contribution in [1.29, 1.82) is 0 Å². The molecule has 0 N–H and O–H groups in total. The number of hydrogen-bond acceptors (Lipinski definition) is 0. The molecule has 0 amide bonds. The maximum atomic E-state index is 2.42. The summed E-state index contributed by atoms with van der Waals surface area (Å²) < 4.78 is 0. The van der Waals surface area contributed by atoms with Crippen LogP contribution >= 0.6 is 0 Å². The first-order valence-electron chi connectivity index (χ1n) is 5.99. The molecule has 0 aromatic carbocycles. The summed E-state index contributed by atoms with van der Waals surface area (Å²) >= 11 is 0. The van der Waals surface area contributed by atoms with E-state index in [2.05, 4.69) is 56.4 Å². The summed E-state index contributed by atoms with van der Waals surface area (Å²) in [6.07, 6.45) is 16.2. The first kappa shape index (κ1) is 9.21. The highest BCUT2D eigenvalue weighted by molar-refractivity contribution is 5.31. The van der Waals surface area contributed by atoms with Crippen LogP contribution in [0.1, 0.15) is 13.8 Å². The molecule has 3 aliphatic rings. The molecule has 0 heteroatoms. The lowest BCUT2D eigenvalue weighted by atomic mass is 9.79. The van der Waals surface area contributed by atoms with Gasteiger partial charge in [0, 0.05) is 0 Å². The second-order valence-corrected chi connectivity index (χ2v) is 5.18. The monoisotopic (exact) mass is 198 g/mol. The van der Waals surface area contributed by atoms with Gasteiger partial charge in [-0.25, -0.2) is 0 Å². The van der Waals surface area contributed by atoms with E-state index >= 15 is 0 Å².